The summed E-state index contributed by atoms with van der Waals surface area (Å²) < 4.78 is 0. The lowest BCUT2D eigenvalue weighted by Gasteiger charge is -2.21. The molecule has 96 valence electrons. The lowest BCUT2D eigenvalue weighted by molar-refractivity contribution is -0.129. The fourth-order valence-corrected chi connectivity index (χ4v) is 2.82. The molecule has 3 nitrogen and oxygen atoms in total. The van der Waals surface area contributed by atoms with E-state index in [9.17, 15) is 4.79 Å². The van der Waals surface area contributed by atoms with Crippen LogP contribution in [0.25, 0.3) is 0 Å². The highest BCUT2D eigenvalue weighted by atomic mass is 35.5. The number of hydrogen-bond donors (Lipinski definition) is 2. The van der Waals surface area contributed by atoms with E-state index >= 15 is 0 Å². The SMILES string of the molecule is Cc1ccsc1CNC(=O)C1(C)CCNC1.Cl. The fourth-order valence-electron chi connectivity index (χ4n) is 1.97. The molecule has 2 rings (SSSR count). The third kappa shape index (κ3) is 3.21. The molecule has 2 heterocycles. The summed E-state index contributed by atoms with van der Waals surface area (Å²) in [6.07, 6.45) is 0.933. The van der Waals surface area contributed by atoms with E-state index < -0.39 is 0 Å². The Morgan fingerprint density at radius 3 is 2.94 bits per heavy atom. The molecule has 1 fully saturated rings. The number of halogens is 1. The zero-order valence-corrected chi connectivity index (χ0v) is 11.8. The summed E-state index contributed by atoms with van der Waals surface area (Å²) in [5.74, 6) is 0.172. The van der Waals surface area contributed by atoms with Gasteiger partial charge in [-0.3, -0.25) is 4.79 Å². The molecule has 1 unspecified atom stereocenters. The first-order valence-corrected chi connectivity index (χ1v) is 6.52. The molecular weight excluding hydrogens is 256 g/mol. The topological polar surface area (TPSA) is 41.1 Å². The Hall–Kier alpha value is -0.580. The van der Waals surface area contributed by atoms with Gasteiger partial charge in [0, 0.05) is 11.4 Å². The minimum absolute atomic E-state index is 0. The Kier molecular flexibility index (Phi) is 4.98. The van der Waals surface area contributed by atoms with Crippen molar-refractivity contribution in [3.8, 4) is 0 Å². The van der Waals surface area contributed by atoms with E-state index in [1.54, 1.807) is 11.3 Å². The molecule has 17 heavy (non-hydrogen) atoms. The molecule has 0 saturated carbocycles. The summed E-state index contributed by atoms with van der Waals surface area (Å²) in [4.78, 5) is 13.3. The molecule has 1 aliphatic heterocycles. The van der Waals surface area contributed by atoms with Crippen LogP contribution in [-0.2, 0) is 11.3 Å². The monoisotopic (exact) mass is 274 g/mol. The highest BCUT2D eigenvalue weighted by Gasteiger charge is 2.35. The average molecular weight is 275 g/mol. The van der Waals surface area contributed by atoms with Crippen molar-refractivity contribution in [3.05, 3.63) is 21.9 Å². The zero-order chi connectivity index (χ0) is 11.6. The Morgan fingerprint density at radius 2 is 2.41 bits per heavy atom. The molecule has 1 atom stereocenters. The molecule has 5 heteroatoms. The molecule has 1 saturated heterocycles. The van der Waals surface area contributed by atoms with Crippen molar-refractivity contribution in [1.82, 2.24) is 10.6 Å². The van der Waals surface area contributed by atoms with E-state index in [0.29, 0.717) is 6.54 Å². The Morgan fingerprint density at radius 1 is 1.65 bits per heavy atom. The first-order chi connectivity index (χ1) is 7.62. The number of rotatable bonds is 3. The van der Waals surface area contributed by atoms with Gasteiger partial charge in [0.05, 0.1) is 12.0 Å². The normalized spacial score (nSPS) is 23.2. The van der Waals surface area contributed by atoms with Crippen molar-refractivity contribution in [2.45, 2.75) is 26.8 Å². The third-order valence-electron chi connectivity index (χ3n) is 3.29. The van der Waals surface area contributed by atoms with Crippen LogP contribution < -0.4 is 10.6 Å². The minimum Gasteiger partial charge on any atom is -0.351 e. The molecule has 1 aromatic heterocycles. The standard InChI is InChI=1S/C12H18N2OS.ClH/c1-9-3-6-16-10(9)7-14-11(15)12(2)4-5-13-8-12;/h3,6,13H,4-5,7-8H2,1-2H3,(H,14,15);1H. The largest absolute Gasteiger partial charge is 0.351 e. The molecule has 0 bridgehead atoms. The summed E-state index contributed by atoms with van der Waals surface area (Å²) in [6.45, 7) is 6.52. The van der Waals surface area contributed by atoms with Gasteiger partial charge in [-0.15, -0.1) is 23.7 Å². The van der Waals surface area contributed by atoms with Crippen LogP contribution in [0, 0.1) is 12.3 Å². The third-order valence-corrected chi connectivity index (χ3v) is 4.32. The molecular formula is C12H19ClN2OS. The molecule has 0 aliphatic carbocycles. The number of hydrogen-bond acceptors (Lipinski definition) is 3. The second kappa shape index (κ2) is 5.85. The van der Waals surface area contributed by atoms with E-state index in [2.05, 4.69) is 29.0 Å². The zero-order valence-electron chi connectivity index (χ0n) is 10.2. The number of nitrogens with one attached hydrogen (secondary N) is 2. The van der Waals surface area contributed by atoms with Gasteiger partial charge in [-0.2, -0.15) is 0 Å². The van der Waals surface area contributed by atoms with E-state index in [1.807, 2.05) is 6.92 Å². The van der Waals surface area contributed by atoms with Gasteiger partial charge in [0.1, 0.15) is 0 Å². The Bertz CT molecular complexity index is 386. The average Bonchev–Trinajstić information content (AvgIpc) is 2.85. The maximum atomic E-state index is 12.0. The minimum atomic E-state index is -0.217. The van der Waals surface area contributed by atoms with Crippen LogP contribution in [0.4, 0.5) is 0 Å². The molecule has 0 spiro atoms. The van der Waals surface area contributed by atoms with Gasteiger partial charge in [-0.05, 0) is 43.8 Å². The molecule has 0 radical (unpaired) electrons. The van der Waals surface area contributed by atoms with Gasteiger partial charge in [0.2, 0.25) is 5.91 Å². The quantitative estimate of drug-likeness (QED) is 0.886. The second-order valence-corrected chi connectivity index (χ2v) is 5.70. The van der Waals surface area contributed by atoms with Crippen molar-refractivity contribution in [2.75, 3.05) is 13.1 Å². The Balaban J connectivity index is 0.00000144. The predicted octanol–water partition coefficient (Wildman–Crippen LogP) is 2.09. The van der Waals surface area contributed by atoms with Crippen molar-refractivity contribution < 1.29 is 4.79 Å². The summed E-state index contributed by atoms with van der Waals surface area (Å²) in [7, 11) is 0. The van der Waals surface area contributed by atoms with Crippen LogP contribution in [0.5, 0.6) is 0 Å². The number of carbonyl (C=O) groups excluding carboxylic acids is 1. The highest BCUT2D eigenvalue weighted by Crippen LogP contribution is 2.25. The van der Waals surface area contributed by atoms with Crippen LogP contribution in [0.2, 0.25) is 0 Å². The summed E-state index contributed by atoms with van der Waals surface area (Å²) in [5.41, 5.74) is 1.05. The van der Waals surface area contributed by atoms with E-state index in [-0.39, 0.29) is 23.7 Å². The van der Waals surface area contributed by atoms with Crippen LogP contribution in [0.3, 0.4) is 0 Å². The number of aryl methyl sites for hydroxylation is 1. The van der Waals surface area contributed by atoms with Crippen molar-refractivity contribution in [1.29, 1.82) is 0 Å². The van der Waals surface area contributed by atoms with Crippen molar-refractivity contribution in [2.24, 2.45) is 5.41 Å². The smallest absolute Gasteiger partial charge is 0.227 e. The Labute approximate surface area is 112 Å². The number of carbonyl (C=O) groups is 1. The van der Waals surface area contributed by atoms with E-state index in [4.69, 9.17) is 0 Å². The van der Waals surface area contributed by atoms with E-state index in [1.165, 1.54) is 10.4 Å². The molecule has 1 aliphatic rings. The summed E-state index contributed by atoms with van der Waals surface area (Å²) in [6, 6.07) is 2.09. The maximum Gasteiger partial charge on any atom is 0.227 e. The van der Waals surface area contributed by atoms with Crippen LogP contribution in [-0.4, -0.2) is 19.0 Å². The second-order valence-electron chi connectivity index (χ2n) is 4.70. The number of amides is 1. The summed E-state index contributed by atoms with van der Waals surface area (Å²) in [5, 5.41) is 8.35. The molecule has 1 aromatic rings. The first-order valence-electron chi connectivity index (χ1n) is 5.64. The van der Waals surface area contributed by atoms with Crippen molar-refractivity contribution >= 4 is 29.7 Å². The van der Waals surface area contributed by atoms with Gasteiger partial charge >= 0.3 is 0 Å². The van der Waals surface area contributed by atoms with Gasteiger partial charge in [-0.1, -0.05) is 0 Å². The maximum absolute atomic E-state index is 12.0. The van der Waals surface area contributed by atoms with Crippen LogP contribution in [0.1, 0.15) is 23.8 Å². The van der Waals surface area contributed by atoms with Crippen molar-refractivity contribution in [3.63, 3.8) is 0 Å². The number of thiophene rings is 1. The molecule has 2 N–H and O–H groups in total. The first kappa shape index (κ1) is 14.5. The van der Waals surface area contributed by atoms with E-state index in [0.717, 1.165) is 19.5 Å². The van der Waals surface area contributed by atoms with Crippen LogP contribution >= 0.6 is 23.7 Å². The summed E-state index contributed by atoms with van der Waals surface area (Å²) >= 11 is 1.70. The lowest BCUT2D eigenvalue weighted by Crippen LogP contribution is -2.39. The predicted molar refractivity (Wildman–Crippen MR) is 73.7 cm³/mol. The fraction of sp³-hybridized carbons (Fsp3) is 0.583. The van der Waals surface area contributed by atoms with Gasteiger partial charge < -0.3 is 10.6 Å². The lowest BCUT2D eigenvalue weighted by atomic mass is 9.89. The van der Waals surface area contributed by atoms with Gasteiger partial charge in [0.15, 0.2) is 0 Å². The van der Waals surface area contributed by atoms with Gasteiger partial charge in [-0.25, -0.2) is 0 Å². The van der Waals surface area contributed by atoms with Crippen LogP contribution in [0.15, 0.2) is 11.4 Å². The highest BCUT2D eigenvalue weighted by molar-refractivity contribution is 7.10. The molecule has 1 amide bonds. The molecule has 0 aromatic carbocycles. The van der Waals surface area contributed by atoms with Gasteiger partial charge in [0.25, 0.3) is 0 Å².